The molecule has 0 bridgehead atoms. The van der Waals surface area contributed by atoms with Crippen LogP contribution in [-0.4, -0.2) is 50.7 Å². The summed E-state index contributed by atoms with van der Waals surface area (Å²) in [6.07, 6.45) is 2.07. The molecule has 2 N–H and O–H groups in total. The topological polar surface area (TPSA) is 117 Å². The molecular formula is C17H18N8O2. The van der Waals surface area contributed by atoms with Crippen molar-refractivity contribution in [3.8, 4) is 0 Å². The maximum absolute atomic E-state index is 12.6. The average molecular weight is 366 g/mol. The highest BCUT2D eigenvalue weighted by Gasteiger charge is 2.26. The maximum atomic E-state index is 12.6. The fourth-order valence-corrected chi connectivity index (χ4v) is 3.18. The lowest BCUT2D eigenvalue weighted by atomic mass is 9.96. The smallest absolute Gasteiger partial charge is 0.227 e. The summed E-state index contributed by atoms with van der Waals surface area (Å²) in [6.45, 7) is 1.46. The van der Waals surface area contributed by atoms with E-state index in [1.165, 1.54) is 4.63 Å². The molecule has 1 aliphatic rings. The summed E-state index contributed by atoms with van der Waals surface area (Å²) in [5.41, 5.74) is 1.90. The van der Waals surface area contributed by atoms with Gasteiger partial charge in [-0.25, -0.2) is 0 Å². The number of tetrazole rings is 1. The van der Waals surface area contributed by atoms with Crippen molar-refractivity contribution >= 4 is 35.2 Å². The molecule has 138 valence electrons. The van der Waals surface area contributed by atoms with Crippen LogP contribution in [0.4, 0.5) is 17.2 Å². The number of rotatable bonds is 5. The van der Waals surface area contributed by atoms with Crippen molar-refractivity contribution in [3.63, 3.8) is 0 Å². The second-order valence-electron chi connectivity index (χ2n) is 6.31. The molecule has 1 aromatic carbocycles. The van der Waals surface area contributed by atoms with Crippen LogP contribution in [0.1, 0.15) is 12.8 Å². The molecule has 3 aromatic rings. The van der Waals surface area contributed by atoms with Crippen molar-refractivity contribution in [2.75, 3.05) is 28.6 Å². The molecule has 0 spiro atoms. The number of hydrogen-bond acceptors (Lipinski definition) is 7. The number of carbonyl (C=O) groups excluding carboxylic acids is 2. The SMILES string of the molecule is O=CNc1cccc(NC(=O)C2CCN(c3ccc4nnnn4n3)CC2)c1. The summed E-state index contributed by atoms with van der Waals surface area (Å²) in [7, 11) is 0. The highest BCUT2D eigenvalue weighted by atomic mass is 16.2. The van der Waals surface area contributed by atoms with Crippen LogP contribution in [0.15, 0.2) is 36.4 Å². The van der Waals surface area contributed by atoms with Gasteiger partial charge in [0, 0.05) is 30.4 Å². The summed E-state index contributed by atoms with van der Waals surface area (Å²) < 4.78 is 1.40. The van der Waals surface area contributed by atoms with Gasteiger partial charge in [0.1, 0.15) is 0 Å². The zero-order chi connectivity index (χ0) is 18.6. The predicted molar refractivity (Wildman–Crippen MR) is 98.3 cm³/mol. The Kier molecular flexibility index (Phi) is 4.60. The lowest BCUT2D eigenvalue weighted by molar-refractivity contribution is -0.120. The Morgan fingerprint density at radius 1 is 1.15 bits per heavy atom. The van der Waals surface area contributed by atoms with Gasteiger partial charge in [0.2, 0.25) is 12.3 Å². The van der Waals surface area contributed by atoms with Crippen LogP contribution < -0.4 is 15.5 Å². The van der Waals surface area contributed by atoms with Gasteiger partial charge in [0.25, 0.3) is 0 Å². The predicted octanol–water partition coefficient (Wildman–Crippen LogP) is 0.943. The number of nitrogens with zero attached hydrogens (tertiary/aromatic N) is 6. The van der Waals surface area contributed by atoms with Crippen LogP contribution in [0.2, 0.25) is 0 Å². The number of nitrogens with one attached hydrogen (secondary N) is 2. The zero-order valence-electron chi connectivity index (χ0n) is 14.4. The van der Waals surface area contributed by atoms with E-state index in [1.807, 2.05) is 12.1 Å². The van der Waals surface area contributed by atoms with Crippen molar-refractivity contribution in [1.29, 1.82) is 0 Å². The number of benzene rings is 1. The molecule has 1 fully saturated rings. The van der Waals surface area contributed by atoms with Crippen molar-refractivity contribution in [3.05, 3.63) is 36.4 Å². The Morgan fingerprint density at radius 3 is 2.78 bits per heavy atom. The number of amides is 2. The Bertz CT molecular complexity index is 964. The van der Waals surface area contributed by atoms with E-state index in [0.717, 1.165) is 31.7 Å². The Hall–Kier alpha value is -3.56. The van der Waals surface area contributed by atoms with Gasteiger partial charge in [0.15, 0.2) is 11.5 Å². The van der Waals surface area contributed by atoms with Crippen LogP contribution in [0.25, 0.3) is 5.65 Å². The summed E-state index contributed by atoms with van der Waals surface area (Å²) in [5.74, 6) is 0.712. The van der Waals surface area contributed by atoms with Gasteiger partial charge in [-0.05, 0) is 53.6 Å². The molecule has 0 aliphatic carbocycles. The fraction of sp³-hybridized carbons (Fsp3) is 0.294. The lowest BCUT2D eigenvalue weighted by Crippen LogP contribution is -2.38. The summed E-state index contributed by atoms with van der Waals surface area (Å²) in [5, 5.41) is 21.1. The van der Waals surface area contributed by atoms with E-state index in [1.54, 1.807) is 24.3 Å². The molecule has 2 aromatic heterocycles. The van der Waals surface area contributed by atoms with Gasteiger partial charge < -0.3 is 15.5 Å². The molecular weight excluding hydrogens is 348 g/mol. The van der Waals surface area contributed by atoms with Crippen LogP contribution in [-0.2, 0) is 9.59 Å². The third-order valence-corrected chi connectivity index (χ3v) is 4.60. The molecule has 1 aliphatic heterocycles. The molecule has 27 heavy (non-hydrogen) atoms. The lowest BCUT2D eigenvalue weighted by Gasteiger charge is -2.31. The van der Waals surface area contributed by atoms with E-state index >= 15 is 0 Å². The highest BCUT2D eigenvalue weighted by Crippen LogP contribution is 2.23. The molecule has 1 saturated heterocycles. The fourth-order valence-electron chi connectivity index (χ4n) is 3.18. The second-order valence-corrected chi connectivity index (χ2v) is 6.31. The Morgan fingerprint density at radius 2 is 1.96 bits per heavy atom. The van der Waals surface area contributed by atoms with Crippen molar-refractivity contribution in [1.82, 2.24) is 25.3 Å². The van der Waals surface area contributed by atoms with E-state index in [2.05, 4.69) is 36.2 Å². The third kappa shape index (κ3) is 3.68. The minimum Gasteiger partial charge on any atom is -0.355 e. The van der Waals surface area contributed by atoms with Gasteiger partial charge in [-0.1, -0.05) is 6.07 Å². The number of fused-ring (bicyclic) bond motifs is 1. The van der Waals surface area contributed by atoms with Crippen LogP contribution >= 0.6 is 0 Å². The number of hydrogen-bond donors (Lipinski definition) is 2. The van der Waals surface area contributed by atoms with Crippen LogP contribution in [0.3, 0.4) is 0 Å². The third-order valence-electron chi connectivity index (χ3n) is 4.60. The van der Waals surface area contributed by atoms with Crippen LogP contribution in [0, 0.1) is 5.92 Å². The minimum absolute atomic E-state index is 0.0122. The average Bonchev–Trinajstić information content (AvgIpc) is 3.16. The normalized spacial score (nSPS) is 14.9. The first-order valence-electron chi connectivity index (χ1n) is 8.64. The van der Waals surface area contributed by atoms with Crippen molar-refractivity contribution < 1.29 is 9.59 Å². The van der Waals surface area contributed by atoms with E-state index in [-0.39, 0.29) is 11.8 Å². The Labute approximate surface area is 154 Å². The molecule has 4 rings (SSSR count). The van der Waals surface area contributed by atoms with Gasteiger partial charge >= 0.3 is 0 Å². The first kappa shape index (κ1) is 16.9. The summed E-state index contributed by atoms with van der Waals surface area (Å²) in [4.78, 5) is 25.2. The van der Waals surface area contributed by atoms with Crippen molar-refractivity contribution in [2.24, 2.45) is 5.92 Å². The number of aromatic nitrogens is 5. The number of anilines is 3. The largest absolute Gasteiger partial charge is 0.355 e. The van der Waals surface area contributed by atoms with Crippen LogP contribution in [0.5, 0.6) is 0 Å². The molecule has 0 unspecified atom stereocenters. The quantitative estimate of drug-likeness (QED) is 0.645. The second kappa shape index (κ2) is 7.36. The van der Waals surface area contributed by atoms with E-state index in [9.17, 15) is 9.59 Å². The number of piperidine rings is 1. The molecule has 10 heteroatoms. The maximum Gasteiger partial charge on any atom is 0.227 e. The molecule has 0 atom stereocenters. The van der Waals surface area contributed by atoms with E-state index < -0.39 is 0 Å². The van der Waals surface area contributed by atoms with Crippen molar-refractivity contribution in [2.45, 2.75) is 12.8 Å². The minimum atomic E-state index is -0.0688. The van der Waals surface area contributed by atoms with Gasteiger partial charge in [-0.2, -0.15) is 0 Å². The molecule has 10 nitrogen and oxygen atoms in total. The first-order valence-corrected chi connectivity index (χ1v) is 8.64. The standard InChI is InChI=1S/C17H18N8O2/c26-11-18-13-2-1-3-14(10-13)19-17(27)12-6-8-24(9-7-12)16-5-4-15-20-22-23-25(15)21-16/h1-5,10-12H,6-9H2,(H,18,26)(H,19,27). The van der Waals surface area contributed by atoms with Gasteiger partial charge in [-0.15, -0.1) is 14.8 Å². The monoisotopic (exact) mass is 366 g/mol. The Balaban J connectivity index is 1.36. The van der Waals surface area contributed by atoms with E-state index in [0.29, 0.717) is 23.4 Å². The van der Waals surface area contributed by atoms with E-state index in [4.69, 9.17) is 0 Å². The first-order chi connectivity index (χ1) is 13.2. The summed E-state index contributed by atoms with van der Waals surface area (Å²) >= 11 is 0. The highest BCUT2D eigenvalue weighted by molar-refractivity contribution is 5.93. The molecule has 2 amide bonds. The zero-order valence-corrected chi connectivity index (χ0v) is 14.4. The van der Waals surface area contributed by atoms with Gasteiger partial charge in [-0.3, -0.25) is 9.59 Å². The molecule has 0 saturated carbocycles. The summed E-state index contributed by atoms with van der Waals surface area (Å²) in [6, 6.07) is 10.8. The number of carbonyl (C=O) groups is 2. The molecule has 3 heterocycles. The van der Waals surface area contributed by atoms with Gasteiger partial charge in [0.05, 0.1) is 0 Å². The molecule has 0 radical (unpaired) electrons.